The molecule has 2 aromatic rings. The van der Waals surface area contributed by atoms with E-state index in [4.69, 9.17) is 23.2 Å². The normalized spacial score (nSPS) is 10.9. The number of hydrogen-bond donors (Lipinski definition) is 1. The summed E-state index contributed by atoms with van der Waals surface area (Å²) in [6.07, 6.45) is 1.50. The second kappa shape index (κ2) is 9.33. The summed E-state index contributed by atoms with van der Waals surface area (Å²) >= 11 is 16.8. The second-order valence-corrected chi connectivity index (χ2v) is 7.23. The van der Waals surface area contributed by atoms with Crippen molar-refractivity contribution in [2.75, 3.05) is 5.75 Å². The smallest absolute Gasteiger partial charge is 0.250 e. The van der Waals surface area contributed by atoms with Crippen molar-refractivity contribution in [1.82, 2.24) is 5.43 Å². The quantitative estimate of drug-likeness (QED) is 0.508. The van der Waals surface area contributed by atoms with Gasteiger partial charge in [-0.15, -0.1) is 11.8 Å². The molecule has 0 unspecified atom stereocenters. The summed E-state index contributed by atoms with van der Waals surface area (Å²) in [5.74, 6) is 0.914. The van der Waals surface area contributed by atoms with Crippen LogP contribution in [0.25, 0.3) is 0 Å². The number of rotatable bonds is 6. The number of halogens is 3. The van der Waals surface area contributed by atoms with Crippen LogP contribution in [0.15, 0.2) is 52.0 Å². The van der Waals surface area contributed by atoms with Gasteiger partial charge < -0.3 is 0 Å². The molecule has 0 aliphatic heterocycles. The van der Waals surface area contributed by atoms with Crippen LogP contribution in [0, 0.1) is 0 Å². The number of carbonyl (C=O) groups is 1. The number of nitrogens with one attached hydrogen (secondary N) is 1. The first-order chi connectivity index (χ1) is 11.1. The predicted molar refractivity (Wildman–Crippen MR) is 103 cm³/mol. The van der Waals surface area contributed by atoms with Crippen molar-refractivity contribution in [3.05, 3.63) is 68.1 Å². The third kappa shape index (κ3) is 6.18. The van der Waals surface area contributed by atoms with E-state index < -0.39 is 0 Å². The van der Waals surface area contributed by atoms with Gasteiger partial charge in [-0.2, -0.15) is 5.10 Å². The highest BCUT2D eigenvalue weighted by molar-refractivity contribution is 9.10. The lowest BCUT2D eigenvalue weighted by Gasteiger charge is -2.04. The van der Waals surface area contributed by atoms with Crippen LogP contribution in [0.2, 0.25) is 10.0 Å². The van der Waals surface area contributed by atoms with Gasteiger partial charge in [-0.1, -0.05) is 63.4 Å². The summed E-state index contributed by atoms with van der Waals surface area (Å²) < 4.78 is 1.04. The van der Waals surface area contributed by atoms with E-state index >= 15 is 0 Å². The Bertz CT molecular complexity index is 725. The molecule has 2 rings (SSSR count). The molecule has 0 spiro atoms. The number of amides is 1. The number of carbonyl (C=O) groups excluding carboxylic acids is 1. The van der Waals surface area contributed by atoms with Crippen LogP contribution in [-0.4, -0.2) is 17.9 Å². The van der Waals surface area contributed by atoms with Crippen LogP contribution in [-0.2, 0) is 10.5 Å². The number of hydrogen-bond acceptors (Lipinski definition) is 3. The molecular formula is C16H13BrCl2N2OS. The Morgan fingerprint density at radius 1 is 1.26 bits per heavy atom. The first-order valence-electron chi connectivity index (χ1n) is 6.64. The van der Waals surface area contributed by atoms with Crippen molar-refractivity contribution < 1.29 is 4.79 Å². The van der Waals surface area contributed by atoms with Crippen molar-refractivity contribution >= 4 is 63.0 Å². The van der Waals surface area contributed by atoms with Crippen LogP contribution in [0.1, 0.15) is 11.1 Å². The lowest BCUT2D eigenvalue weighted by Crippen LogP contribution is -2.19. The minimum absolute atomic E-state index is 0.164. The molecule has 0 saturated carbocycles. The van der Waals surface area contributed by atoms with Crippen LogP contribution < -0.4 is 5.43 Å². The molecule has 0 fully saturated rings. The topological polar surface area (TPSA) is 41.5 Å². The van der Waals surface area contributed by atoms with Gasteiger partial charge in [0, 0.05) is 20.8 Å². The fourth-order valence-corrected chi connectivity index (χ4v) is 3.57. The fraction of sp³-hybridized carbons (Fsp3) is 0.125. The van der Waals surface area contributed by atoms with Crippen molar-refractivity contribution in [2.45, 2.75) is 5.75 Å². The summed E-state index contributed by atoms with van der Waals surface area (Å²) in [6, 6.07) is 13.0. The van der Waals surface area contributed by atoms with Gasteiger partial charge >= 0.3 is 0 Å². The summed E-state index contributed by atoms with van der Waals surface area (Å²) in [7, 11) is 0. The molecule has 2 aromatic carbocycles. The van der Waals surface area contributed by atoms with E-state index in [9.17, 15) is 4.79 Å². The van der Waals surface area contributed by atoms with Gasteiger partial charge in [-0.3, -0.25) is 4.79 Å². The molecule has 0 atom stereocenters. The molecule has 0 bridgehead atoms. The van der Waals surface area contributed by atoms with Gasteiger partial charge in [0.05, 0.1) is 17.0 Å². The predicted octanol–water partition coefficient (Wildman–Crippen LogP) is 5.14. The molecule has 120 valence electrons. The Morgan fingerprint density at radius 3 is 2.78 bits per heavy atom. The van der Waals surface area contributed by atoms with Crippen molar-refractivity contribution in [3.63, 3.8) is 0 Å². The molecule has 0 radical (unpaired) electrons. The maximum atomic E-state index is 11.7. The maximum Gasteiger partial charge on any atom is 0.250 e. The van der Waals surface area contributed by atoms with Gasteiger partial charge in [0.1, 0.15) is 0 Å². The average Bonchev–Trinajstić information content (AvgIpc) is 2.51. The van der Waals surface area contributed by atoms with E-state index in [0.29, 0.717) is 21.4 Å². The third-order valence-electron chi connectivity index (χ3n) is 2.80. The zero-order chi connectivity index (χ0) is 16.7. The SMILES string of the molecule is O=C(CSCc1ccccc1Br)N/N=C/c1ccc(Cl)cc1Cl. The summed E-state index contributed by atoms with van der Waals surface area (Å²) in [5, 5.41) is 4.94. The zero-order valence-electron chi connectivity index (χ0n) is 11.9. The molecule has 3 nitrogen and oxygen atoms in total. The molecular weight excluding hydrogens is 419 g/mol. The van der Waals surface area contributed by atoms with Crippen molar-refractivity contribution in [3.8, 4) is 0 Å². The van der Waals surface area contributed by atoms with E-state index in [2.05, 4.69) is 26.5 Å². The van der Waals surface area contributed by atoms with E-state index in [1.807, 2.05) is 24.3 Å². The number of nitrogens with zero attached hydrogens (tertiary/aromatic N) is 1. The summed E-state index contributed by atoms with van der Waals surface area (Å²) in [5.41, 5.74) is 4.33. The summed E-state index contributed by atoms with van der Waals surface area (Å²) in [4.78, 5) is 11.7. The fourth-order valence-electron chi connectivity index (χ4n) is 1.68. The van der Waals surface area contributed by atoms with Crippen LogP contribution in [0.4, 0.5) is 0 Å². The molecule has 0 aliphatic carbocycles. The first-order valence-corrected chi connectivity index (χ1v) is 9.35. The number of hydrazone groups is 1. The molecule has 1 N–H and O–H groups in total. The molecule has 0 saturated heterocycles. The molecule has 0 aromatic heterocycles. The Labute approximate surface area is 157 Å². The standard InChI is InChI=1S/C16H13BrCl2N2OS/c17-14-4-2-1-3-12(14)9-23-10-16(22)21-20-8-11-5-6-13(18)7-15(11)19/h1-8H,9-10H2,(H,21,22)/b20-8+. The zero-order valence-corrected chi connectivity index (χ0v) is 15.8. The first kappa shape index (κ1) is 18.3. The van der Waals surface area contributed by atoms with Gasteiger partial charge in [-0.05, 0) is 23.8 Å². The van der Waals surface area contributed by atoms with Crippen LogP contribution in [0.5, 0.6) is 0 Å². The molecule has 1 amide bonds. The molecule has 7 heteroatoms. The Balaban J connectivity index is 1.77. The molecule has 23 heavy (non-hydrogen) atoms. The second-order valence-electron chi connectivity index (χ2n) is 4.54. The van der Waals surface area contributed by atoms with Gasteiger partial charge in [-0.25, -0.2) is 5.43 Å². The van der Waals surface area contributed by atoms with Gasteiger partial charge in [0.15, 0.2) is 0 Å². The van der Waals surface area contributed by atoms with Crippen molar-refractivity contribution in [1.29, 1.82) is 0 Å². The highest BCUT2D eigenvalue weighted by atomic mass is 79.9. The Kier molecular flexibility index (Phi) is 7.43. The van der Waals surface area contributed by atoms with Crippen LogP contribution in [0.3, 0.4) is 0 Å². The van der Waals surface area contributed by atoms with Crippen molar-refractivity contribution in [2.24, 2.45) is 5.10 Å². The van der Waals surface area contributed by atoms with E-state index in [-0.39, 0.29) is 5.91 Å². The average molecular weight is 432 g/mol. The van der Waals surface area contributed by atoms with Gasteiger partial charge in [0.25, 0.3) is 0 Å². The monoisotopic (exact) mass is 430 g/mol. The van der Waals surface area contributed by atoms with Gasteiger partial charge in [0.2, 0.25) is 5.91 Å². The minimum Gasteiger partial charge on any atom is -0.272 e. The van der Waals surface area contributed by atoms with E-state index in [1.165, 1.54) is 18.0 Å². The lowest BCUT2D eigenvalue weighted by atomic mass is 10.2. The Hall–Kier alpha value is -1.01. The lowest BCUT2D eigenvalue weighted by molar-refractivity contribution is -0.118. The highest BCUT2D eigenvalue weighted by Crippen LogP contribution is 2.21. The van der Waals surface area contributed by atoms with Crippen LogP contribution >= 0.6 is 50.9 Å². The Morgan fingerprint density at radius 2 is 2.04 bits per heavy atom. The maximum absolute atomic E-state index is 11.7. The number of benzene rings is 2. The number of thioether (sulfide) groups is 1. The summed E-state index contributed by atoms with van der Waals surface area (Å²) in [6.45, 7) is 0. The largest absolute Gasteiger partial charge is 0.272 e. The molecule has 0 heterocycles. The molecule has 0 aliphatic rings. The third-order valence-corrected chi connectivity index (χ3v) is 5.12. The van der Waals surface area contributed by atoms with E-state index in [1.54, 1.807) is 18.2 Å². The minimum atomic E-state index is -0.164. The highest BCUT2D eigenvalue weighted by Gasteiger charge is 2.03. The van der Waals surface area contributed by atoms with E-state index in [0.717, 1.165) is 15.8 Å².